The maximum Gasteiger partial charge on any atom is 0.129 e. The molecule has 0 aromatic heterocycles. The fourth-order valence-electron chi connectivity index (χ4n) is 1.10. The lowest BCUT2D eigenvalue weighted by Gasteiger charge is -2.06. The van der Waals surface area contributed by atoms with Crippen LogP contribution < -0.4 is 4.74 Å². The summed E-state index contributed by atoms with van der Waals surface area (Å²) >= 11 is 6.41. The largest absolute Gasteiger partial charge is 0.507 e. The lowest BCUT2D eigenvalue weighted by molar-refractivity contribution is 0.408. The number of methoxy groups -OCH3 is 1. The van der Waals surface area contributed by atoms with E-state index in [1.54, 1.807) is 25.3 Å². The number of hydrogen-bond acceptors (Lipinski definition) is 4. The highest BCUT2D eigenvalue weighted by molar-refractivity contribution is 8.23. The summed E-state index contributed by atoms with van der Waals surface area (Å²) in [5.41, 5.74) is 0.649. The van der Waals surface area contributed by atoms with Gasteiger partial charge in [-0.2, -0.15) is 0 Å². The Morgan fingerprint density at radius 3 is 2.73 bits per heavy atom. The van der Waals surface area contributed by atoms with Crippen LogP contribution in [0.15, 0.2) is 30.3 Å². The van der Waals surface area contributed by atoms with E-state index in [9.17, 15) is 5.11 Å². The Morgan fingerprint density at radius 1 is 1.47 bits per heavy atom. The molecule has 0 fully saturated rings. The highest BCUT2D eigenvalue weighted by Crippen LogP contribution is 2.24. The Labute approximate surface area is 99.0 Å². The van der Waals surface area contributed by atoms with Gasteiger partial charge in [0.1, 0.15) is 11.5 Å². The van der Waals surface area contributed by atoms with E-state index < -0.39 is 0 Å². The third kappa shape index (κ3) is 3.25. The van der Waals surface area contributed by atoms with Gasteiger partial charge in [0.2, 0.25) is 0 Å². The Hall–Kier alpha value is -1.000. The van der Waals surface area contributed by atoms with E-state index in [0.717, 1.165) is 0 Å². The monoisotopic (exact) mass is 240 g/mol. The van der Waals surface area contributed by atoms with Gasteiger partial charge in [0.15, 0.2) is 0 Å². The van der Waals surface area contributed by atoms with Crippen LogP contribution in [0, 0.1) is 0 Å². The van der Waals surface area contributed by atoms with E-state index >= 15 is 0 Å². The normalized spacial score (nSPS) is 11.2. The van der Waals surface area contributed by atoms with E-state index in [1.165, 1.54) is 11.8 Å². The molecular formula is C11H12O2S2. The standard InChI is InChI=1S/C11H12O2S2/c1-13-10-6-4-3-5-8(10)9(12)7-11(14)15-2/h3-7,12H,1-2H3/b9-7-. The van der Waals surface area contributed by atoms with Gasteiger partial charge in [0.25, 0.3) is 0 Å². The highest BCUT2D eigenvalue weighted by atomic mass is 32.2. The minimum absolute atomic E-state index is 0.131. The Bertz CT molecular complexity index is 386. The first-order valence-corrected chi connectivity index (χ1v) is 5.94. The van der Waals surface area contributed by atoms with Crippen molar-refractivity contribution in [1.82, 2.24) is 0 Å². The number of rotatable bonds is 3. The molecule has 0 aliphatic rings. The molecule has 0 bridgehead atoms. The minimum Gasteiger partial charge on any atom is -0.507 e. The second kappa shape index (κ2) is 5.78. The fourth-order valence-corrected chi connectivity index (χ4v) is 1.45. The number of thioether (sulfide) groups is 1. The molecular weight excluding hydrogens is 228 g/mol. The van der Waals surface area contributed by atoms with Crippen molar-refractivity contribution >= 4 is 33.9 Å². The molecule has 0 aliphatic heterocycles. The highest BCUT2D eigenvalue weighted by Gasteiger charge is 2.06. The molecule has 1 N–H and O–H groups in total. The molecule has 4 heteroatoms. The number of aliphatic hydroxyl groups excluding tert-OH is 1. The summed E-state index contributed by atoms with van der Waals surface area (Å²) in [6.45, 7) is 0. The van der Waals surface area contributed by atoms with Gasteiger partial charge in [-0.05, 0) is 18.4 Å². The van der Waals surface area contributed by atoms with Crippen LogP contribution in [0.4, 0.5) is 0 Å². The molecule has 1 aromatic rings. The van der Waals surface area contributed by atoms with Gasteiger partial charge in [-0.25, -0.2) is 0 Å². The smallest absolute Gasteiger partial charge is 0.129 e. The number of benzene rings is 1. The summed E-state index contributed by atoms with van der Waals surface area (Å²) in [7, 11) is 1.57. The SMILES string of the molecule is COc1ccccc1/C(O)=C/C(=S)SC. The Balaban J connectivity index is 3.05. The third-order valence-electron chi connectivity index (χ3n) is 1.84. The molecule has 80 valence electrons. The average molecular weight is 240 g/mol. The van der Waals surface area contributed by atoms with Gasteiger partial charge in [-0.3, -0.25) is 0 Å². The Morgan fingerprint density at radius 2 is 2.13 bits per heavy atom. The maximum absolute atomic E-state index is 9.81. The second-order valence-electron chi connectivity index (χ2n) is 2.75. The predicted octanol–water partition coefficient (Wildman–Crippen LogP) is 3.28. The van der Waals surface area contributed by atoms with E-state index in [1.807, 2.05) is 18.4 Å². The number of hydrogen-bond donors (Lipinski definition) is 1. The molecule has 0 spiro atoms. The first-order chi connectivity index (χ1) is 7.19. The van der Waals surface area contributed by atoms with E-state index in [-0.39, 0.29) is 5.76 Å². The van der Waals surface area contributed by atoms with Gasteiger partial charge in [-0.1, -0.05) is 24.4 Å². The van der Waals surface area contributed by atoms with E-state index in [0.29, 0.717) is 15.5 Å². The van der Waals surface area contributed by atoms with Gasteiger partial charge in [0.05, 0.1) is 16.9 Å². The first kappa shape index (κ1) is 12.1. The molecule has 0 amide bonds. The molecule has 1 aromatic carbocycles. The topological polar surface area (TPSA) is 29.5 Å². The van der Waals surface area contributed by atoms with Crippen LogP contribution in [0.25, 0.3) is 5.76 Å². The average Bonchev–Trinajstić information content (AvgIpc) is 2.28. The maximum atomic E-state index is 9.81. The van der Waals surface area contributed by atoms with Crippen molar-refractivity contribution in [3.05, 3.63) is 35.9 Å². The van der Waals surface area contributed by atoms with Gasteiger partial charge >= 0.3 is 0 Å². The van der Waals surface area contributed by atoms with Gasteiger partial charge < -0.3 is 9.84 Å². The zero-order valence-electron chi connectivity index (χ0n) is 8.56. The Kier molecular flexibility index (Phi) is 4.65. The van der Waals surface area contributed by atoms with Crippen molar-refractivity contribution in [1.29, 1.82) is 0 Å². The molecule has 0 heterocycles. The summed E-state index contributed by atoms with van der Waals surface area (Å²) < 4.78 is 5.77. The zero-order valence-corrected chi connectivity index (χ0v) is 10.2. The predicted molar refractivity (Wildman–Crippen MR) is 69.7 cm³/mol. The van der Waals surface area contributed by atoms with Crippen LogP contribution in [0.1, 0.15) is 5.56 Å². The molecule has 0 radical (unpaired) electrons. The molecule has 0 saturated carbocycles. The molecule has 0 aliphatic carbocycles. The molecule has 0 unspecified atom stereocenters. The second-order valence-corrected chi connectivity index (χ2v) is 4.30. The summed E-state index contributed by atoms with van der Waals surface area (Å²) in [5.74, 6) is 0.766. The van der Waals surface area contributed by atoms with Crippen molar-refractivity contribution in [2.45, 2.75) is 0 Å². The van der Waals surface area contributed by atoms with Crippen LogP contribution in [0.3, 0.4) is 0 Å². The summed E-state index contributed by atoms with van der Waals surface area (Å²) in [6, 6.07) is 7.27. The fraction of sp³-hybridized carbons (Fsp3) is 0.182. The van der Waals surface area contributed by atoms with Crippen molar-refractivity contribution < 1.29 is 9.84 Å². The van der Waals surface area contributed by atoms with Crippen LogP contribution >= 0.6 is 24.0 Å². The van der Waals surface area contributed by atoms with Crippen LogP contribution in [0.2, 0.25) is 0 Å². The summed E-state index contributed by atoms with van der Waals surface area (Å²) in [4.78, 5) is 0. The quantitative estimate of drug-likeness (QED) is 0.499. The number of para-hydroxylation sites is 1. The molecule has 0 saturated heterocycles. The number of thiocarbonyl (C=S) groups is 1. The first-order valence-electron chi connectivity index (χ1n) is 4.31. The zero-order chi connectivity index (χ0) is 11.3. The lowest BCUT2D eigenvalue weighted by atomic mass is 10.1. The van der Waals surface area contributed by atoms with Gasteiger partial charge in [0, 0.05) is 6.08 Å². The number of aliphatic hydroxyl groups is 1. The molecule has 0 atom stereocenters. The molecule has 15 heavy (non-hydrogen) atoms. The minimum atomic E-state index is 0.131. The number of ether oxygens (including phenoxy) is 1. The van der Waals surface area contributed by atoms with Crippen LogP contribution in [0.5, 0.6) is 5.75 Å². The van der Waals surface area contributed by atoms with Crippen molar-refractivity contribution in [2.24, 2.45) is 0 Å². The molecule has 1 rings (SSSR count). The van der Waals surface area contributed by atoms with Crippen molar-refractivity contribution in [2.75, 3.05) is 13.4 Å². The van der Waals surface area contributed by atoms with Crippen molar-refractivity contribution in [3.63, 3.8) is 0 Å². The lowest BCUT2D eigenvalue weighted by Crippen LogP contribution is -1.92. The van der Waals surface area contributed by atoms with Crippen LogP contribution in [-0.4, -0.2) is 22.7 Å². The molecule has 2 nitrogen and oxygen atoms in total. The van der Waals surface area contributed by atoms with E-state index in [2.05, 4.69) is 0 Å². The van der Waals surface area contributed by atoms with Crippen molar-refractivity contribution in [3.8, 4) is 5.75 Å². The summed E-state index contributed by atoms with van der Waals surface area (Å²) in [5, 5.41) is 9.81. The van der Waals surface area contributed by atoms with Crippen LogP contribution in [-0.2, 0) is 0 Å². The summed E-state index contributed by atoms with van der Waals surface area (Å²) in [6.07, 6.45) is 3.42. The van der Waals surface area contributed by atoms with E-state index in [4.69, 9.17) is 17.0 Å². The van der Waals surface area contributed by atoms with Gasteiger partial charge in [-0.15, -0.1) is 11.8 Å². The third-order valence-corrected chi connectivity index (χ3v) is 2.98.